The molecule has 0 spiro atoms. The summed E-state index contributed by atoms with van der Waals surface area (Å²) in [5, 5.41) is 8.83. The van der Waals surface area contributed by atoms with Gasteiger partial charge in [-0.25, -0.2) is 0 Å². The summed E-state index contributed by atoms with van der Waals surface area (Å²) in [5.74, 6) is -0.782. The van der Waals surface area contributed by atoms with Crippen LogP contribution in [0.5, 0.6) is 0 Å². The Morgan fingerprint density at radius 1 is 1.07 bits per heavy atom. The molecular formula is C12H18O2. The third kappa shape index (κ3) is 4.08. The van der Waals surface area contributed by atoms with E-state index >= 15 is 0 Å². The van der Waals surface area contributed by atoms with Gasteiger partial charge in [-0.3, -0.25) is 4.79 Å². The van der Waals surface area contributed by atoms with Gasteiger partial charge in [-0.15, -0.1) is 19.7 Å². The maximum absolute atomic E-state index is 10.7. The Bertz CT molecular complexity index is 202. The third-order valence-corrected chi connectivity index (χ3v) is 2.26. The summed E-state index contributed by atoms with van der Waals surface area (Å²) in [7, 11) is 0. The normalized spacial score (nSPS) is 10.6. The predicted octanol–water partition coefficient (Wildman–Crippen LogP) is 3.18. The van der Waals surface area contributed by atoms with E-state index in [4.69, 9.17) is 5.11 Å². The zero-order chi connectivity index (χ0) is 11.0. The SMILES string of the molecule is C=CCC(CC=C)(CC=C)CC(=O)O. The molecule has 0 aromatic heterocycles. The molecule has 2 nitrogen and oxygen atoms in total. The number of rotatable bonds is 8. The molecule has 0 aromatic carbocycles. The van der Waals surface area contributed by atoms with Crippen LogP contribution in [0.15, 0.2) is 38.0 Å². The fraction of sp³-hybridized carbons (Fsp3) is 0.417. The Balaban J connectivity index is 4.69. The highest BCUT2D eigenvalue weighted by molar-refractivity contribution is 5.67. The number of hydrogen-bond acceptors (Lipinski definition) is 1. The summed E-state index contributed by atoms with van der Waals surface area (Å²) in [6, 6.07) is 0. The quantitative estimate of drug-likeness (QED) is 0.602. The standard InChI is InChI=1S/C12H18O2/c1-4-7-12(8-5-2,9-6-3)10-11(13)14/h4-6H,1-3,7-10H2,(H,13,14). The fourth-order valence-corrected chi connectivity index (χ4v) is 1.71. The van der Waals surface area contributed by atoms with Crippen molar-refractivity contribution in [3.63, 3.8) is 0 Å². The lowest BCUT2D eigenvalue weighted by Gasteiger charge is -2.28. The highest BCUT2D eigenvalue weighted by Crippen LogP contribution is 2.36. The molecule has 0 rings (SSSR count). The molecule has 0 bridgehead atoms. The Morgan fingerprint density at radius 2 is 1.43 bits per heavy atom. The summed E-state index contributed by atoms with van der Waals surface area (Å²) in [6.45, 7) is 11.0. The molecule has 0 aliphatic heterocycles. The Morgan fingerprint density at radius 3 is 1.64 bits per heavy atom. The second kappa shape index (κ2) is 6.19. The van der Waals surface area contributed by atoms with Crippen molar-refractivity contribution in [1.82, 2.24) is 0 Å². The Labute approximate surface area is 85.6 Å². The Hall–Kier alpha value is -1.31. The largest absolute Gasteiger partial charge is 0.481 e. The fourth-order valence-electron chi connectivity index (χ4n) is 1.71. The number of hydrogen-bond donors (Lipinski definition) is 1. The van der Waals surface area contributed by atoms with Gasteiger partial charge in [-0.05, 0) is 24.7 Å². The maximum atomic E-state index is 10.7. The van der Waals surface area contributed by atoms with E-state index in [1.54, 1.807) is 18.2 Å². The van der Waals surface area contributed by atoms with Gasteiger partial charge in [0.05, 0.1) is 6.42 Å². The van der Waals surface area contributed by atoms with E-state index in [-0.39, 0.29) is 11.8 Å². The monoisotopic (exact) mass is 194 g/mol. The highest BCUT2D eigenvalue weighted by Gasteiger charge is 2.28. The third-order valence-electron chi connectivity index (χ3n) is 2.26. The number of carboxylic acids is 1. The van der Waals surface area contributed by atoms with Crippen molar-refractivity contribution in [2.45, 2.75) is 25.7 Å². The molecule has 0 amide bonds. The topological polar surface area (TPSA) is 37.3 Å². The maximum Gasteiger partial charge on any atom is 0.303 e. The summed E-state index contributed by atoms with van der Waals surface area (Å²) in [4.78, 5) is 10.7. The molecule has 0 atom stereocenters. The zero-order valence-electron chi connectivity index (χ0n) is 8.54. The molecule has 0 aliphatic rings. The molecule has 0 aromatic rings. The van der Waals surface area contributed by atoms with Crippen molar-refractivity contribution in [3.05, 3.63) is 38.0 Å². The van der Waals surface area contributed by atoms with Gasteiger partial charge in [0.15, 0.2) is 0 Å². The van der Waals surface area contributed by atoms with Crippen LogP contribution in [0.1, 0.15) is 25.7 Å². The number of aliphatic carboxylic acids is 1. The van der Waals surface area contributed by atoms with Gasteiger partial charge in [0.25, 0.3) is 0 Å². The molecule has 0 saturated carbocycles. The van der Waals surface area contributed by atoms with Crippen molar-refractivity contribution in [1.29, 1.82) is 0 Å². The van der Waals surface area contributed by atoms with Gasteiger partial charge in [-0.1, -0.05) is 18.2 Å². The zero-order valence-corrected chi connectivity index (χ0v) is 8.54. The van der Waals surface area contributed by atoms with Crippen molar-refractivity contribution in [2.24, 2.45) is 5.41 Å². The van der Waals surface area contributed by atoms with Crippen molar-refractivity contribution >= 4 is 5.97 Å². The lowest BCUT2D eigenvalue weighted by molar-refractivity contribution is -0.139. The van der Waals surface area contributed by atoms with Crippen LogP contribution < -0.4 is 0 Å². The predicted molar refractivity (Wildman–Crippen MR) is 59.1 cm³/mol. The number of carboxylic acid groups (broad SMARTS) is 1. The van der Waals surface area contributed by atoms with E-state index in [2.05, 4.69) is 19.7 Å². The van der Waals surface area contributed by atoms with Crippen LogP contribution in [-0.4, -0.2) is 11.1 Å². The van der Waals surface area contributed by atoms with E-state index in [0.29, 0.717) is 19.3 Å². The van der Waals surface area contributed by atoms with E-state index in [1.807, 2.05) is 0 Å². The minimum atomic E-state index is -0.782. The van der Waals surface area contributed by atoms with E-state index in [0.717, 1.165) is 0 Å². The first kappa shape index (κ1) is 12.7. The second-order valence-electron chi connectivity index (χ2n) is 3.55. The molecule has 0 unspecified atom stereocenters. The summed E-state index contributed by atoms with van der Waals surface area (Å²) in [6.07, 6.45) is 7.45. The van der Waals surface area contributed by atoms with E-state index in [1.165, 1.54) is 0 Å². The average Bonchev–Trinajstić information content (AvgIpc) is 2.03. The second-order valence-corrected chi connectivity index (χ2v) is 3.55. The van der Waals surface area contributed by atoms with Gasteiger partial charge in [0.2, 0.25) is 0 Å². The van der Waals surface area contributed by atoms with Crippen molar-refractivity contribution in [3.8, 4) is 0 Å². The van der Waals surface area contributed by atoms with Gasteiger partial charge in [0, 0.05) is 0 Å². The summed E-state index contributed by atoms with van der Waals surface area (Å²) >= 11 is 0. The van der Waals surface area contributed by atoms with Crippen LogP contribution in [0.2, 0.25) is 0 Å². The summed E-state index contributed by atoms with van der Waals surface area (Å²) in [5.41, 5.74) is -0.281. The van der Waals surface area contributed by atoms with Crippen molar-refractivity contribution in [2.75, 3.05) is 0 Å². The van der Waals surface area contributed by atoms with Crippen LogP contribution in [-0.2, 0) is 4.79 Å². The molecule has 78 valence electrons. The van der Waals surface area contributed by atoms with Gasteiger partial charge in [-0.2, -0.15) is 0 Å². The van der Waals surface area contributed by atoms with Crippen LogP contribution in [0, 0.1) is 5.41 Å². The van der Waals surface area contributed by atoms with Gasteiger partial charge < -0.3 is 5.11 Å². The molecule has 0 heterocycles. The molecule has 1 N–H and O–H groups in total. The van der Waals surface area contributed by atoms with Crippen LogP contribution >= 0.6 is 0 Å². The minimum absolute atomic E-state index is 0.136. The van der Waals surface area contributed by atoms with Crippen molar-refractivity contribution < 1.29 is 9.90 Å². The summed E-state index contributed by atoms with van der Waals surface area (Å²) < 4.78 is 0. The van der Waals surface area contributed by atoms with E-state index in [9.17, 15) is 4.79 Å². The smallest absolute Gasteiger partial charge is 0.303 e. The van der Waals surface area contributed by atoms with Crippen LogP contribution in [0.4, 0.5) is 0 Å². The van der Waals surface area contributed by atoms with Crippen LogP contribution in [0.3, 0.4) is 0 Å². The molecule has 0 aliphatic carbocycles. The molecule has 0 fully saturated rings. The lowest BCUT2D eigenvalue weighted by atomic mass is 9.75. The van der Waals surface area contributed by atoms with Gasteiger partial charge in [0.1, 0.15) is 0 Å². The highest BCUT2D eigenvalue weighted by atomic mass is 16.4. The van der Waals surface area contributed by atoms with E-state index < -0.39 is 5.97 Å². The minimum Gasteiger partial charge on any atom is -0.481 e. The molecule has 2 heteroatoms. The first-order valence-corrected chi connectivity index (χ1v) is 4.64. The molecule has 0 radical (unpaired) electrons. The Kier molecular flexibility index (Phi) is 5.61. The number of allylic oxidation sites excluding steroid dienone is 3. The first-order valence-electron chi connectivity index (χ1n) is 4.64. The molecule has 0 saturated heterocycles. The van der Waals surface area contributed by atoms with Gasteiger partial charge >= 0.3 is 5.97 Å². The van der Waals surface area contributed by atoms with Crippen LogP contribution in [0.25, 0.3) is 0 Å². The number of carbonyl (C=O) groups is 1. The molecule has 14 heavy (non-hydrogen) atoms. The first-order chi connectivity index (χ1) is 6.60. The average molecular weight is 194 g/mol. The lowest BCUT2D eigenvalue weighted by Crippen LogP contribution is -2.22. The molecular weight excluding hydrogens is 176 g/mol.